The molecule has 0 unspecified atom stereocenters. The van der Waals surface area contributed by atoms with Crippen LogP contribution < -0.4 is 0 Å². The average molecular weight is 704 g/mol. The highest BCUT2D eigenvalue weighted by Gasteiger charge is 2.23. The predicted molar refractivity (Wildman–Crippen MR) is 225 cm³/mol. The number of aromatic nitrogens is 5. The first kappa shape index (κ1) is 32.2. The molecule has 0 radical (unpaired) electrons. The Hall–Kier alpha value is -7.50. The Kier molecular flexibility index (Phi) is 8.08. The molecule has 0 N–H and O–H groups in total. The Morgan fingerprint density at radius 2 is 0.673 bits per heavy atom. The van der Waals surface area contributed by atoms with Gasteiger partial charge in [0.25, 0.3) is 0 Å². The third kappa shape index (κ3) is 5.94. The number of hydrogen-bond donors (Lipinski definition) is 0. The van der Waals surface area contributed by atoms with Gasteiger partial charge in [0.2, 0.25) is 0 Å². The van der Waals surface area contributed by atoms with E-state index in [1.165, 1.54) is 10.8 Å². The second-order valence-electron chi connectivity index (χ2n) is 13.5. The van der Waals surface area contributed by atoms with E-state index in [4.69, 9.17) is 19.9 Å². The largest absolute Gasteiger partial charge is 0.292 e. The fourth-order valence-corrected chi connectivity index (χ4v) is 7.39. The van der Waals surface area contributed by atoms with Gasteiger partial charge in [-0.3, -0.25) is 4.57 Å². The fraction of sp³-hybridized carbons (Fsp3) is 0. The molecule has 0 saturated carbocycles. The maximum absolute atomic E-state index is 5.59. The molecule has 55 heavy (non-hydrogen) atoms. The molecular formula is C50H33N5. The minimum Gasteiger partial charge on any atom is -0.292 e. The fourth-order valence-electron chi connectivity index (χ4n) is 7.39. The van der Waals surface area contributed by atoms with Gasteiger partial charge in [-0.2, -0.15) is 0 Å². The Morgan fingerprint density at radius 3 is 1.20 bits per heavy atom. The second-order valence-corrected chi connectivity index (χ2v) is 13.5. The highest BCUT2D eigenvalue weighted by Crippen LogP contribution is 2.39. The number of hydrogen-bond acceptors (Lipinski definition) is 4. The summed E-state index contributed by atoms with van der Waals surface area (Å²) in [4.78, 5) is 21.2. The van der Waals surface area contributed by atoms with Crippen LogP contribution in [-0.4, -0.2) is 24.5 Å². The van der Waals surface area contributed by atoms with E-state index >= 15 is 0 Å². The van der Waals surface area contributed by atoms with Gasteiger partial charge in [0, 0.05) is 44.2 Å². The van der Waals surface area contributed by atoms with Gasteiger partial charge in [0.1, 0.15) is 5.69 Å². The zero-order valence-corrected chi connectivity index (χ0v) is 29.8. The summed E-state index contributed by atoms with van der Waals surface area (Å²) in [5, 5.41) is 2.34. The van der Waals surface area contributed by atoms with Crippen LogP contribution in [0.15, 0.2) is 200 Å². The lowest BCUT2D eigenvalue weighted by atomic mass is 10.0. The molecule has 5 nitrogen and oxygen atoms in total. The summed E-state index contributed by atoms with van der Waals surface area (Å²) >= 11 is 0. The molecule has 0 aliphatic rings. The first-order valence-corrected chi connectivity index (χ1v) is 18.4. The second kappa shape index (κ2) is 13.8. The Bertz CT molecular complexity index is 2830. The van der Waals surface area contributed by atoms with Crippen LogP contribution in [0.5, 0.6) is 0 Å². The molecule has 258 valence electrons. The first-order valence-electron chi connectivity index (χ1n) is 18.4. The number of rotatable bonds is 7. The van der Waals surface area contributed by atoms with Crippen LogP contribution in [0.4, 0.5) is 0 Å². The molecule has 7 aromatic carbocycles. The normalized spacial score (nSPS) is 11.3. The van der Waals surface area contributed by atoms with Crippen molar-refractivity contribution in [2.75, 3.05) is 0 Å². The number of nitrogens with zero attached hydrogens (tertiary/aromatic N) is 5. The first-order chi connectivity index (χ1) is 27.3. The lowest BCUT2D eigenvalue weighted by Crippen LogP contribution is -2.06. The van der Waals surface area contributed by atoms with Crippen molar-refractivity contribution in [3.05, 3.63) is 200 Å². The zero-order valence-electron chi connectivity index (χ0n) is 29.8. The van der Waals surface area contributed by atoms with Crippen molar-refractivity contribution in [2.45, 2.75) is 0 Å². The third-order valence-corrected chi connectivity index (χ3v) is 10.0. The summed E-state index contributed by atoms with van der Waals surface area (Å²) in [6, 6.07) is 68.8. The Morgan fingerprint density at radius 1 is 0.291 bits per heavy atom. The lowest BCUT2D eigenvalue weighted by Gasteiger charge is -2.18. The molecule has 0 bridgehead atoms. The summed E-state index contributed by atoms with van der Waals surface area (Å²) < 4.78 is 2.27. The van der Waals surface area contributed by atoms with Gasteiger partial charge < -0.3 is 0 Å². The molecule has 5 heteroatoms. The van der Waals surface area contributed by atoms with Crippen molar-refractivity contribution in [3.63, 3.8) is 0 Å². The standard InChI is InChI=1S/C50H33N5/c1-5-17-34(18-6-1)42-33-43(52-49(51-42)39-23-11-4-12-24-39)35-29-31-38(32-30-35)48-50(55-44-27-15-13-25-40(44)41-26-14-16-28-45(41)55)54-47(37-21-9-3-10-22-37)46(53-48)36-19-7-2-8-20-36/h1-33H. The molecular weight excluding hydrogens is 671 g/mol. The molecule has 3 heterocycles. The molecule has 0 aliphatic carbocycles. The van der Waals surface area contributed by atoms with Gasteiger partial charge in [-0.05, 0) is 18.2 Å². The minimum absolute atomic E-state index is 0.685. The highest BCUT2D eigenvalue weighted by molar-refractivity contribution is 6.09. The summed E-state index contributed by atoms with van der Waals surface area (Å²) in [5.74, 6) is 1.45. The van der Waals surface area contributed by atoms with E-state index in [2.05, 4.69) is 156 Å². The monoisotopic (exact) mass is 703 g/mol. The van der Waals surface area contributed by atoms with Gasteiger partial charge in [0.15, 0.2) is 11.6 Å². The van der Waals surface area contributed by atoms with E-state index in [-0.39, 0.29) is 0 Å². The summed E-state index contributed by atoms with van der Waals surface area (Å²) in [7, 11) is 0. The van der Waals surface area contributed by atoms with Crippen LogP contribution in [0.25, 0.3) is 95.3 Å². The van der Waals surface area contributed by atoms with Crippen LogP contribution >= 0.6 is 0 Å². The molecule has 0 aliphatic heterocycles. The number of para-hydroxylation sites is 2. The predicted octanol–water partition coefficient (Wildman–Crippen LogP) is 12.4. The molecule has 10 aromatic rings. The molecule has 0 fully saturated rings. The van der Waals surface area contributed by atoms with Crippen LogP contribution in [0.2, 0.25) is 0 Å². The SMILES string of the molecule is c1ccc(-c2cc(-c3ccc(-c4nc(-c5ccccc5)c(-c5ccccc5)nc4-n4c5ccccc5c5ccccc54)cc3)nc(-c3ccccc3)n2)cc1. The van der Waals surface area contributed by atoms with E-state index in [9.17, 15) is 0 Å². The van der Waals surface area contributed by atoms with E-state index in [0.29, 0.717) is 5.82 Å². The topological polar surface area (TPSA) is 56.5 Å². The number of benzene rings is 7. The van der Waals surface area contributed by atoms with Crippen LogP contribution in [0.1, 0.15) is 0 Å². The quantitative estimate of drug-likeness (QED) is 0.166. The maximum atomic E-state index is 5.59. The lowest BCUT2D eigenvalue weighted by molar-refractivity contribution is 1.05. The summed E-state index contributed by atoms with van der Waals surface area (Å²) in [6.07, 6.45) is 0. The van der Waals surface area contributed by atoms with Crippen molar-refractivity contribution in [1.29, 1.82) is 0 Å². The molecule has 0 spiro atoms. The molecule has 0 atom stereocenters. The zero-order chi connectivity index (χ0) is 36.6. The smallest absolute Gasteiger partial charge is 0.165 e. The number of fused-ring (bicyclic) bond motifs is 3. The molecule has 3 aromatic heterocycles. The molecule has 0 saturated heterocycles. The highest BCUT2D eigenvalue weighted by atomic mass is 15.1. The van der Waals surface area contributed by atoms with Gasteiger partial charge in [-0.15, -0.1) is 0 Å². The molecule has 0 amide bonds. The van der Waals surface area contributed by atoms with Gasteiger partial charge in [0.05, 0.1) is 33.8 Å². The van der Waals surface area contributed by atoms with E-state index in [1.807, 2.05) is 48.5 Å². The van der Waals surface area contributed by atoms with Crippen LogP contribution in [-0.2, 0) is 0 Å². The summed E-state index contributed by atoms with van der Waals surface area (Å²) in [5.41, 5.74) is 12.3. The summed E-state index contributed by atoms with van der Waals surface area (Å²) in [6.45, 7) is 0. The Balaban J connectivity index is 1.20. The third-order valence-electron chi connectivity index (χ3n) is 10.0. The molecule has 10 rings (SSSR count). The van der Waals surface area contributed by atoms with Crippen LogP contribution in [0, 0.1) is 0 Å². The van der Waals surface area contributed by atoms with Gasteiger partial charge in [-0.25, -0.2) is 19.9 Å². The van der Waals surface area contributed by atoms with Crippen molar-refractivity contribution in [2.24, 2.45) is 0 Å². The van der Waals surface area contributed by atoms with Gasteiger partial charge in [-0.1, -0.05) is 182 Å². The maximum Gasteiger partial charge on any atom is 0.165 e. The van der Waals surface area contributed by atoms with E-state index in [1.54, 1.807) is 0 Å². The average Bonchev–Trinajstić information content (AvgIpc) is 3.61. The van der Waals surface area contributed by atoms with E-state index < -0.39 is 0 Å². The van der Waals surface area contributed by atoms with E-state index in [0.717, 1.165) is 78.7 Å². The Labute approximate surface area is 318 Å². The van der Waals surface area contributed by atoms with Crippen molar-refractivity contribution in [1.82, 2.24) is 24.5 Å². The van der Waals surface area contributed by atoms with Crippen molar-refractivity contribution in [3.8, 4) is 73.5 Å². The van der Waals surface area contributed by atoms with Crippen LogP contribution in [0.3, 0.4) is 0 Å². The van der Waals surface area contributed by atoms with Crippen molar-refractivity contribution >= 4 is 21.8 Å². The minimum atomic E-state index is 0.685. The van der Waals surface area contributed by atoms with Crippen molar-refractivity contribution < 1.29 is 0 Å². The van der Waals surface area contributed by atoms with Gasteiger partial charge >= 0.3 is 0 Å².